The lowest BCUT2D eigenvalue weighted by Gasteiger charge is -2.15. The number of nitrogens with one attached hydrogen (secondary N) is 1. The third-order valence-corrected chi connectivity index (χ3v) is 3.64. The Balaban J connectivity index is 2.03. The standard InChI is InChI=1S/C18H20FNO3/c1-12(14-7-8-17(22-2)16(19)10-14)20-11-13-5-4-6-15(9-13)18(21)23-3/h4-10,12,20H,11H2,1-3H3/t12-/m0/s1. The van der Waals surface area contributed by atoms with Crippen LogP contribution in [0.4, 0.5) is 4.39 Å². The Morgan fingerprint density at radius 2 is 2.00 bits per heavy atom. The summed E-state index contributed by atoms with van der Waals surface area (Å²) in [7, 11) is 2.79. The van der Waals surface area contributed by atoms with E-state index in [4.69, 9.17) is 9.47 Å². The summed E-state index contributed by atoms with van der Waals surface area (Å²) in [4.78, 5) is 11.5. The summed E-state index contributed by atoms with van der Waals surface area (Å²) in [6.07, 6.45) is 0. The van der Waals surface area contributed by atoms with Gasteiger partial charge in [0.15, 0.2) is 11.6 Å². The zero-order valence-electron chi connectivity index (χ0n) is 13.4. The molecule has 0 fully saturated rings. The van der Waals surface area contributed by atoms with Gasteiger partial charge in [-0.1, -0.05) is 18.2 Å². The predicted octanol–water partition coefficient (Wildman–Crippen LogP) is 3.47. The largest absolute Gasteiger partial charge is 0.494 e. The van der Waals surface area contributed by atoms with E-state index in [1.165, 1.54) is 20.3 Å². The third kappa shape index (κ3) is 4.29. The van der Waals surface area contributed by atoms with Crippen LogP contribution in [-0.4, -0.2) is 20.2 Å². The first-order valence-corrected chi connectivity index (χ1v) is 7.29. The van der Waals surface area contributed by atoms with Gasteiger partial charge in [-0.25, -0.2) is 9.18 Å². The molecule has 0 heterocycles. The molecule has 0 aromatic heterocycles. The average Bonchev–Trinajstić information content (AvgIpc) is 2.59. The van der Waals surface area contributed by atoms with Crippen molar-refractivity contribution in [3.63, 3.8) is 0 Å². The van der Waals surface area contributed by atoms with Crippen LogP contribution < -0.4 is 10.1 Å². The number of hydrogen-bond donors (Lipinski definition) is 1. The zero-order valence-corrected chi connectivity index (χ0v) is 13.4. The molecule has 2 aromatic rings. The summed E-state index contributed by atoms with van der Waals surface area (Å²) >= 11 is 0. The van der Waals surface area contributed by atoms with E-state index < -0.39 is 0 Å². The summed E-state index contributed by atoms with van der Waals surface area (Å²) in [6.45, 7) is 2.51. The number of esters is 1. The first kappa shape index (κ1) is 17.0. The molecular weight excluding hydrogens is 297 g/mol. The van der Waals surface area contributed by atoms with Crippen LogP contribution in [0.25, 0.3) is 0 Å². The van der Waals surface area contributed by atoms with Gasteiger partial charge in [0.2, 0.25) is 0 Å². The third-order valence-electron chi connectivity index (χ3n) is 3.64. The van der Waals surface area contributed by atoms with Gasteiger partial charge in [0.25, 0.3) is 0 Å². The molecular formula is C18H20FNO3. The van der Waals surface area contributed by atoms with Gasteiger partial charge in [-0.15, -0.1) is 0 Å². The number of rotatable bonds is 6. The second-order valence-corrected chi connectivity index (χ2v) is 5.19. The van der Waals surface area contributed by atoms with E-state index in [2.05, 4.69) is 5.32 Å². The molecule has 0 aliphatic rings. The Hall–Kier alpha value is -2.40. The summed E-state index contributed by atoms with van der Waals surface area (Å²) in [5.74, 6) is -0.518. The fourth-order valence-corrected chi connectivity index (χ4v) is 2.27. The highest BCUT2D eigenvalue weighted by Gasteiger charge is 2.10. The van der Waals surface area contributed by atoms with E-state index in [1.54, 1.807) is 24.3 Å². The number of hydrogen-bond acceptors (Lipinski definition) is 4. The topological polar surface area (TPSA) is 47.6 Å². The minimum absolute atomic E-state index is 0.0443. The first-order chi connectivity index (χ1) is 11.0. The molecule has 0 bridgehead atoms. The number of carbonyl (C=O) groups is 1. The Morgan fingerprint density at radius 3 is 2.65 bits per heavy atom. The monoisotopic (exact) mass is 317 g/mol. The molecule has 23 heavy (non-hydrogen) atoms. The summed E-state index contributed by atoms with van der Waals surface area (Å²) in [6, 6.07) is 12.1. The SMILES string of the molecule is COC(=O)c1cccc(CN[C@@H](C)c2ccc(OC)c(F)c2)c1. The molecule has 1 atom stereocenters. The van der Waals surface area contributed by atoms with Gasteiger partial charge in [-0.05, 0) is 42.3 Å². The van der Waals surface area contributed by atoms with Crippen molar-refractivity contribution in [2.75, 3.05) is 14.2 Å². The molecule has 0 spiro atoms. The van der Waals surface area contributed by atoms with Crippen molar-refractivity contribution in [1.82, 2.24) is 5.32 Å². The summed E-state index contributed by atoms with van der Waals surface area (Å²) in [5, 5.41) is 3.30. The second-order valence-electron chi connectivity index (χ2n) is 5.19. The molecule has 0 amide bonds. The Kier molecular flexibility index (Phi) is 5.71. The Bertz CT molecular complexity index is 688. The molecule has 0 aliphatic carbocycles. The lowest BCUT2D eigenvalue weighted by molar-refractivity contribution is 0.0600. The van der Waals surface area contributed by atoms with Gasteiger partial charge in [-0.2, -0.15) is 0 Å². The maximum atomic E-state index is 13.8. The van der Waals surface area contributed by atoms with E-state index in [-0.39, 0.29) is 23.6 Å². The molecule has 0 aliphatic heterocycles. The van der Waals surface area contributed by atoms with Crippen molar-refractivity contribution in [3.8, 4) is 5.75 Å². The molecule has 1 N–H and O–H groups in total. The fraction of sp³-hybridized carbons (Fsp3) is 0.278. The average molecular weight is 317 g/mol. The first-order valence-electron chi connectivity index (χ1n) is 7.29. The molecule has 0 saturated heterocycles. The van der Waals surface area contributed by atoms with Crippen LogP contribution in [-0.2, 0) is 11.3 Å². The van der Waals surface area contributed by atoms with Crippen molar-refractivity contribution in [2.24, 2.45) is 0 Å². The smallest absolute Gasteiger partial charge is 0.337 e. The van der Waals surface area contributed by atoms with Crippen LogP contribution >= 0.6 is 0 Å². The molecule has 0 saturated carbocycles. The highest BCUT2D eigenvalue weighted by Crippen LogP contribution is 2.22. The van der Waals surface area contributed by atoms with Crippen LogP contribution in [0.2, 0.25) is 0 Å². The van der Waals surface area contributed by atoms with Gasteiger partial charge in [0.05, 0.1) is 19.8 Å². The highest BCUT2D eigenvalue weighted by atomic mass is 19.1. The number of methoxy groups -OCH3 is 2. The molecule has 4 nitrogen and oxygen atoms in total. The van der Waals surface area contributed by atoms with Crippen LogP contribution in [0.1, 0.15) is 34.5 Å². The van der Waals surface area contributed by atoms with Crippen LogP contribution in [0.15, 0.2) is 42.5 Å². The highest BCUT2D eigenvalue weighted by molar-refractivity contribution is 5.89. The van der Waals surface area contributed by atoms with E-state index in [0.29, 0.717) is 12.1 Å². The van der Waals surface area contributed by atoms with Crippen LogP contribution in [0, 0.1) is 5.82 Å². The van der Waals surface area contributed by atoms with Gasteiger partial charge in [-0.3, -0.25) is 0 Å². The van der Waals surface area contributed by atoms with Crippen molar-refractivity contribution in [2.45, 2.75) is 19.5 Å². The van der Waals surface area contributed by atoms with Gasteiger partial charge in [0.1, 0.15) is 0 Å². The molecule has 2 rings (SSSR count). The van der Waals surface area contributed by atoms with Crippen molar-refractivity contribution in [3.05, 3.63) is 65.0 Å². The molecule has 122 valence electrons. The van der Waals surface area contributed by atoms with Gasteiger partial charge < -0.3 is 14.8 Å². The second kappa shape index (κ2) is 7.74. The Morgan fingerprint density at radius 1 is 1.22 bits per heavy atom. The van der Waals surface area contributed by atoms with Crippen molar-refractivity contribution in [1.29, 1.82) is 0 Å². The van der Waals surface area contributed by atoms with E-state index in [0.717, 1.165) is 11.1 Å². The number of ether oxygens (including phenoxy) is 2. The van der Waals surface area contributed by atoms with Crippen LogP contribution in [0.3, 0.4) is 0 Å². The maximum absolute atomic E-state index is 13.8. The molecule has 0 radical (unpaired) electrons. The minimum Gasteiger partial charge on any atom is -0.494 e. The lowest BCUT2D eigenvalue weighted by atomic mass is 10.1. The van der Waals surface area contributed by atoms with Crippen molar-refractivity contribution >= 4 is 5.97 Å². The Labute approximate surface area is 135 Å². The molecule has 0 unspecified atom stereocenters. The van der Waals surface area contributed by atoms with Crippen LogP contribution in [0.5, 0.6) is 5.75 Å². The van der Waals surface area contributed by atoms with E-state index >= 15 is 0 Å². The molecule has 5 heteroatoms. The zero-order chi connectivity index (χ0) is 16.8. The predicted molar refractivity (Wildman–Crippen MR) is 86.0 cm³/mol. The summed E-state index contributed by atoms with van der Waals surface area (Å²) in [5.41, 5.74) is 2.29. The normalized spacial score (nSPS) is 11.8. The van der Waals surface area contributed by atoms with Gasteiger partial charge in [0, 0.05) is 12.6 Å². The molecule has 2 aromatic carbocycles. The minimum atomic E-state index is -0.383. The number of halogens is 1. The van der Waals surface area contributed by atoms with Gasteiger partial charge >= 0.3 is 5.97 Å². The number of benzene rings is 2. The summed E-state index contributed by atoms with van der Waals surface area (Å²) < 4.78 is 23.4. The quantitative estimate of drug-likeness (QED) is 0.829. The number of carbonyl (C=O) groups excluding carboxylic acids is 1. The van der Waals surface area contributed by atoms with E-state index in [9.17, 15) is 9.18 Å². The van der Waals surface area contributed by atoms with Crippen molar-refractivity contribution < 1.29 is 18.7 Å². The fourth-order valence-electron chi connectivity index (χ4n) is 2.27. The lowest BCUT2D eigenvalue weighted by Crippen LogP contribution is -2.18. The van der Waals surface area contributed by atoms with E-state index in [1.807, 2.05) is 19.1 Å². The maximum Gasteiger partial charge on any atom is 0.337 e.